The van der Waals surface area contributed by atoms with Gasteiger partial charge in [0.15, 0.2) is 0 Å². The van der Waals surface area contributed by atoms with E-state index in [1.54, 1.807) is 0 Å². The first-order valence-corrected chi connectivity index (χ1v) is 8.20. The molecular formula is C19H20N4O. The van der Waals surface area contributed by atoms with E-state index in [2.05, 4.69) is 23.2 Å². The van der Waals surface area contributed by atoms with Gasteiger partial charge in [-0.15, -0.1) is 0 Å². The molecular weight excluding hydrogens is 300 g/mol. The molecule has 1 amide bonds. The molecule has 5 heteroatoms. The number of amides is 1. The zero-order valence-corrected chi connectivity index (χ0v) is 13.6. The number of benzene rings is 2. The molecule has 0 saturated carbocycles. The maximum atomic E-state index is 12.9. The molecule has 2 atom stereocenters. The molecule has 0 saturated heterocycles. The van der Waals surface area contributed by atoms with E-state index in [-0.39, 0.29) is 11.9 Å². The van der Waals surface area contributed by atoms with E-state index in [1.165, 1.54) is 0 Å². The third-order valence-electron chi connectivity index (χ3n) is 4.95. The summed E-state index contributed by atoms with van der Waals surface area (Å²) < 4.78 is 0. The lowest BCUT2D eigenvalue weighted by Crippen LogP contribution is -2.43. The van der Waals surface area contributed by atoms with Gasteiger partial charge in [0.25, 0.3) is 0 Å². The number of nitrogens with one attached hydrogen (secondary N) is 1. The summed E-state index contributed by atoms with van der Waals surface area (Å²) in [5, 5.41) is 8.22. The highest BCUT2D eigenvalue weighted by Gasteiger charge is 2.31. The number of aromatic amines is 1. The van der Waals surface area contributed by atoms with Crippen LogP contribution in [-0.2, 0) is 17.8 Å². The molecule has 3 N–H and O–H groups in total. The average molecular weight is 320 g/mol. The minimum Gasteiger partial charge on any atom is -0.330 e. The SMILES string of the molecule is C[C@H](c1ccccc1)N1Cc2c(ccc3[nH]ncc23)C[C@@H](N)C1=O. The van der Waals surface area contributed by atoms with E-state index in [1.807, 2.05) is 47.5 Å². The molecule has 1 aliphatic rings. The van der Waals surface area contributed by atoms with Crippen LogP contribution in [-0.4, -0.2) is 27.0 Å². The van der Waals surface area contributed by atoms with Gasteiger partial charge < -0.3 is 10.6 Å². The highest BCUT2D eigenvalue weighted by molar-refractivity contribution is 5.87. The fourth-order valence-corrected chi connectivity index (χ4v) is 3.52. The van der Waals surface area contributed by atoms with Crippen molar-refractivity contribution in [1.82, 2.24) is 15.1 Å². The number of carbonyl (C=O) groups excluding carboxylic acids is 1. The summed E-state index contributed by atoms with van der Waals surface area (Å²) in [4.78, 5) is 14.8. The summed E-state index contributed by atoms with van der Waals surface area (Å²) in [7, 11) is 0. The van der Waals surface area contributed by atoms with Gasteiger partial charge in [-0.25, -0.2) is 0 Å². The summed E-state index contributed by atoms with van der Waals surface area (Å²) in [6.45, 7) is 2.61. The van der Waals surface area contributed by atoms with Gasteiger partial charge in [-0.3, -0.25) is 9.89 Å². The van der Waals surface area contributed by atoms with Gasteiger partial charge in [-0.05, 0) is 36.1 Å². The summed E-state index contributed by atoms with van der Waals surface area (Å²) in [5.74, 6) is -0.000743. The largest absolute Gasteiger partial charge is 0.330 e. The predicted molar refractivity (Wildman–Crippen MR) is 93.2 cm³/mol. The van der Waals surface area contributed by atoms with E-state index >= 15 is 0 Å². The summed E-state index contributed by atoms with van der Waals surface area (Å²) >= 11 is 0. The second kappa shape index (κ2) is 5.76. The van der Waals surface area contributed by atoms with Gasteiger partial charge in [0.05, 0.1) is 23.8 Å². The molecule has 0 unspecified atom stereocenters. The van der Waals surface area contributed by atoms with Crippen molar-refractivity contribution in [2.75, 3.05) is 0 Å². The maximum Gasteiger partial charge on any atom is 0.240 e. The number of hydrogen-bond acceptors (Lipinski definition) is 3. The highest BCUT2D eigenvalue weighted by atomic mass is 16.2. The van der Waals surface area contributed by atoms with E-state index in [0.29, 0.717) is 13.0 Å². The molecule has 0 radical (unpaired) electrons. The number of nitrogens with two attached hydrogens (primary N) is 1. The Balaban J connectivity index is 1.80. The van der Waals surface area contributed by atoms with Gasteiger partial charge >= 0.3 is 0 Å². The number of H-pyrrole nitrogens is 1. The van der Waals surface area contributed by atoms with Crippen molar-refractivity contribution >= 4 is 16.8 Å². The lowest BCUT2D eigenvalue weighted by molar-refractivity contribution is -0.135. The van der Waals surface area contributed by atoms with Crippen LogP contribution in [0.25, 0.3) is 10.9 Å². The van der Waals surface area contributed by atoms with Gasteiger partial charge in [-0.1, -0.05) is 36.4 Å². The van der Waals surface area contributed by atoms with Crippen LogP contribution < -0.4 is 5.73 Å². The van der Waals surface area contributed by atoms with Crippen LogP contribution in [0, 0.1) is 0 Å². The third kappa shape index (κ3) is 2.37. The number of carbonyl (C=O) groups is 1. The molecule has 0 spiro atoms. The maximum absolute atomic E-state index is 12.9. The Morgan fingerprint density at radius 1 is 1.25 bits per heavy atom. The minimum atomic E-state index is -0.512. The van der Waals surface area contributed by atoms with Crippen LogP contribution in [0.2, 0.25) is 0 Å². The average Bonchev–Trinajstić information content (AvgIpc) is 3.04. The van der Waals surface area contributed by atoms with Crippen molar-refractivity contribution in [3.8, 4) is 0 Å². The highest BCUT2D eigenvalue weighted by Crippen LogP contribution is 2.31. The Morgan fingerprint density at radius 3 is 2.83 bits per heavy atom. The Kier molecular flexibility index (Phi) is 3.58. The zero-order chi connectivity index (χ0) is 16.7. The van der Waals surface area contributed by atoms with Gasteiger partial charge in [0.1, 0.15) is 0 Å². The summed E-state index contributed by atoms with van der Waals surface area (Å²) in [6, 6.07) is 13.6. The van der Waals surface area contributed by atoms with E-state index < -0.39 is 6.04 Å². The van der Waals surface area contributed by atoms with Crippen LogP contribution in [0.5, 0.6) is 0 Å². The van der Waals surface area contributed by atoms with Crippen molar-refractivity contribution in [1.29, 1.82) is 0 Å². The van der Waals surface area contributed by atoms with Crippen LogP contribution >= 0.6 is 0 Å². The number of aromatic nitrogens is 2. The lowest BCUT2D eigenvalue weighted by atomic mass is 9.99. The quantitative estimate of drug-likeness (QED) is 0.762. The van der Waals surface area contributed by atoms with Gasteiger partial charge in [0.2, 0.25) is 5.91 Å². The Labute approximate surface area is 140 Å². The first-order valence-electron chi connectivity index (χ1n) is 8.20. The summed E-state index contributed by atoms with van der Waals surface area (Å²) in [5.41, 5.74) is 10.6. The van der Waals surface area contributed by atoms with Crippen molar-refractivity contribution < 1.29 is 4.79 Å². The van der Waals surface area contributed by atoms with E-state index in [9.17, 15) is 4.79 Å². The second-order valence-corrected chi connectivity index (χ2v) is 6.40. The molecule has 1 aliphatic heterocycles. The first-order chi connectivity index (χ1) is 11.6. The summed E-state index contributed by atoms with van der Waals surface area (Å²) in [6.07, 6.45) is 2.40. The Bertz CT molecular complexity index is 887. The normalized spacial score (nSPS) is 19.2. The van der Waals surface area contributed by atoms with Crippen molar-refractivity contribution in [2.45, 2.75) is 32.0 Å². The number of nitrogens with zero attached hydrogens (tertiary/aromatic N) is 2. The van der Waals surface area contributed by atoms with Crippen molar-refractivity contribution in [2.24, 2.45) is 5.73 Å². The molecule has 122 valence electrons. The molecule has 3 aromatic rings. The number of fused-ring (bicyclic) bond motifs is 3. The number of rotatable bonds is 2. The molecule has 4 rings (SSSR count). The fraction of sp³-hybridized carbons (Fsp3) is 0.263. The Hall–Kier alpha value is -2.66. The van der Waals surface area contributed by atoms with Gasteiger partial charge in [0, 0.05) is 11.9 Å². The predicted octanol–water partition coefficient (Wildman–Crippen LogP) is 2.54. The van der Waals surface area contributed by atoms with E-state index in [0.717, 1.165) is 27.6 Å². The standard InChI is InChI=1S/C19H20N4O/c1-12(13-5-3-2-4-6-13)23-11-16-14(9-17(20)19(23)24)7-8-18-15(16)10-21-22-18/h2-8,10,12,17H,9,11,20H2,1H3,(H,21,22)/t12-,17-/m1/s1. The molecule has 24 heavy (non-hydrogen) atoms. The molecule has 0 aliphatic carbocycles. The van der Waals surface area contributed by atoms with E-state index in [4.69, 9.17) is 5.73 Å². The van der Waals surface area contributed by atoms with Crippen LogP contribution in [0.1, 0.15) is 29.7 Å². The topological polar surface area (TPSA) is 75.0 Å². The molecule has 0 fully saturated rings. The third-order valence-corrected chi connectivity index (χ3v) is 4.95. The van der Waals surface area contributed by atoms with Crippen LogP contribution in [0.15, 0.2) is 48.7 Å². The monoisotopic (exact) mass is 320 g/mol. The van der Waals surface area contributed by atoms with Crippen LogP contribution in [0.3, 0.4) is 0 Å². The van der Waals surface area contributed by atoms with Crippen molar-refractivity contribution in [3.63, 3.8) is 0 Å². The lowest BCUT2D eigenvalue weighted by Gasteiger charge is -2.30. The number of hydrogen-bond donors (Lipinski definition) is 2. The molecule has 5 nitrogen and oxygen atoms in total. The minimum absolute atomic E-state index is 0.000743. The Morgan fingerprint density at radius 2 is 2.04 bits per heavy atom. The fourth-order valence-electron chi connectivity index (χ4n) is 3.52. The molecule has 0 bridgehead atoms. The zero-order valence-electron chi connectivity index (χ0n) is 13.6. The smallest absolute Gasteiger partial charge is 0.240 e. The first kappa shape index (κ1) is 14.9. The van der Waals surface area contributed by atoms with Gasteiger partial charge in [-0.2, -0.15) is 5.10 Å². The molecule has 2 heterocycles. The molecule has 2 aromatic carbocycles. The second-order valence-electron chi connectivity index (χ2n) is 6.40. The molecule has 1 aromatic heterocycles. The van der Waals surface area contributed by atoms with Crippen molar-refractivity contribution in [3.05, 3.63) is 65.4 Å². The van der Waals surface area contributed by atoms with Crippen LogP contribution in [0.4, 0.5) is 0 Å².